The summed E-state index contributed by atoms with van der Waals surface area (Å²) in [7, 11) is 0. The van der Waals surface area contributed by atoms with Gasteiger partial charge in [-0.25, -0.2) is 0 Å². The average Bonchev–Trinajstić information content (AvgIpc) is 2.11. The maximum absolute atomic E-state index is 7.57. The van der Waals surface area contributed by atoms with Gasteiger partial charge in [-0.1, -0.05) is 40.2 Å². The third-order valence-corrected chi connectivity index (χ3v) is 1.76. The van der Waals surface area contributed by atoms with Crippen LogP contribution in [0.3, 0.4) is 0 Å². The fourth-order valence-electron chi connectivity index (χ4n) is 0.766. The molecule has 0 radical (unpaired) electrons. The normalized spacial score (nSPS) is 9.54. The number of allylic oxidation sites excluding steroid dienone is 1. The molecule has 1 rings (SSSR count). The molecule has 1 nitrogen and oxygen atoms in total. The average molecular weight is 243 g/mol. The van der Waals surface area contributed by atoms with Crippen LogP contribution in [0.1, 0.15) is 19.4 Å². The summed E-state index contributed by atoms with van der Waals surface area (Å²) in [5.74, 6) is 0. The number of aliphatic hydroxyl groups is 1. The van der Waals surface area contributed by atoms with Crippen LogP contribution in [0, 0.1) is 0 Å². The van der Waals surface area contributed by atoms with Crippen molar-refractivity contribution in [3.05, 3.63) is 40.4 Å². The Morgan fingerprint density at radius 3 is 2.15 bits per heavy atom. The van der Waals surface area contributed by atoms with E-state index in [1.807, 2.05) is 25.1 Å². The molecule has 0 atom stereocenters. The van der Waals surface area contributed by atoms with Crippen molar-refractivity contribution in [2.75, 3.05) is 6.61 Å². The van der Waals surface area contributed by atoms with Crippen LogP contribution < -0.4 is 0 Å². The largest absolute Gasteiger partial charge is 0.397 e. The molecule has 0 heterocycles. The number of hydrogen-bond acceptors (Lipinski definition) is 1. The second-order valence-corrected chi connectivity index (χ2v) is 3.28. The Balaban J connectivity index is 0.000000424. The highest BCUT2D eigenvalue weighted by Crippen LogP contribution is 2.11. The van der Waals surface area contributed by atoms with E-state index in [1.54, 1.807) is 6.92 Å². The third-order valence-electron chi connectivity index (χ3n) is 1.23. The van der Waals surface area contributed by atoms with E-state index in [1.165, 1.54) is 5.56 Å². The van der Waals surface area contributed by atoms with Crippen molar-refractivity contribution in [1.82, 2.24) is 0 Å². The molecule has 1 N–H and O–H groups in total. The molecule has 0 saturated heterocycles. The number of aliphatic hydroxyl groups excluding tert-OH is 1. The summed E-state index contributed by atoms with van der Waals surface area (Å²) in [6.45, 7) is 3.95. The van der Waals surface area contributed by atoms with Gasteiger partial charge in [-0.2, -0.15) is 0 Å². The number of benzene rings is 1. The molecule has 0 saturated carbocycles. The van der Waals surface area contributed by atoms with E-state index in [0.717, 1.165) is 4.47 Å². The van der Waals surface area contributed by atoms with Gasteiger partial charge in [-0.05, 0) is 31.5 Å². The summed E-state index contributed by atoms with van der Waals surface area (Å²) >= 11 is 3.37. The summed E-state index contributed by atoms with van der Waals surface area (Å²) in [5.41, 5.74) is 1.24. The molecule has 2 heteroatoms. The summed E-state index contributed by atoms with van der Waals surface area (Å²) in [5, 5.41) is 7.57. The van der Waals surface area contributed by atoms with Gasteiger partial charge in [0, 0.05) is 11.1 Å². The quantitative estimate of drug-likeness (QED) is 0.800. The summed E-state index contributed by atoms with van der Waals surface area (Å²) < 4.78 is 1.13. The van der Waals surface area contributed by atoms with Crippen molar-refractivity contribution in [3.8, 4) is 0 Å². The summed E-state index contributed by atoms with van der Waals surface area (Å²) in [4.78, 5) is 0. The van der Waals surface area contributed by atoms with Crippen molar-refractivity contribution in [3.63, 3.8) is 0 Å². The summed E-state index contributed by atoms with van der Waals surface area (Å²) in [6.07, 6.45) is 4.11. The lowest BCUT2D eigenvalue weighted by Gasteiger charge is -1.91. The molecule has 1 aromatic rings. The Labute approximate surface area is 88.2 Å². The zero-order valence-corrected chi connectivity index (χ0v) is 9.58. The predicted octanol–water partition coefficient (Wildman–Crippen LogP) is 3.48. The zero-order valence-electron chi connectivity index (χ0n) is 8.00. The Morgan fingerprint density at radius 1 is 1.31 bits per heavy atom. The molecule has 72 valence electrons. The zero-order chi connectivity index (χ0) is 10.1. The highest BCUT2D eigenvalue weighted by Gasteiger charge is 1.84. The number of rotatable bonds is 1. The standard InChI is InChI=1S/C9H9Br.C2H6O/c1-2-3-8-4-6-9(10)7-5-8;1-2-3/h2-7H,1H3;3H,2H2,1H3/b3-2+;. The minimum atomic E-state index is 0.250. The Kier molecular flexibility index (Phi) is 7.65. The van der Waals surface area contributed by atoms with Crippen molar-refractivity contribution < 1.29 is 5.11 Å². The van der Waals surface area contributed by atoms with Gasteiger partial charge in [-0.3, -0.25) is 0 Å². The summed E-state index contributed by atoms with van der Waals surface area (Å²) in [6, 6.07) is 8.22. The fraction of sp³-hybridized carbons (Fsp3) is 0.273. The first-order valence-electron chi connectivity index (χ1n) is 4.23. The van der Waals surface area contributed by atoms with Crippen LogP contribution in [-0.2, 0) is 0 Å². The monoisotopic (exact) mass is 242 g/mol. The molecule has 0 aliphatic rings. The van der Waals surface area contributed by atoms with E-state index < -0.39 is 0 Å². The van der Waals surface area contributed by atoms with E-state index in [9.17, 15) is 0 Å². The first kappa shape index (κ1) is 12.4. The highest BCUT2D eigenvalue weighted by atomic mass is 79.9. The SMILES string of the molecule is C/C=C/c1ccc(Br)cc1.CCO. The Morgan fingerprint density at radius 2 is 1.77 bits per heavy atom. The van der Waals surface area contributed by atoms with Crippen LogP contribution in [-0.4, -0.2) is 11.7 Å². The molecule has 0 aliphatic carbocycles. The van der Waals surface area contributed by atoms with E-state index >= 15 is 0 Å². The number of halogens is 1. The van der Waals surface area contributed by atoms with Gasteiger partial charge < -0.3 is 5.11 Å². The smallest absolute Gasteiger partial charge is 0.0402 e. The van der Waals surface area contributed by atoms with Gasteiger partial charge in [0.05, 0.1) is 0 Å². The van der Waals surface area contributed by atoms with E-state index in [0.29, 0.717) is 0 Å². The van der Waals surface area contributed by atoms with E-state index in [4.69, 9.17) is 5.11 Å². The highest BCUT2D eigenvalue weighted by molar-refractivity contribution is 9.10. The molecule has 0 aromatic heterocycles. The van der Waals surface area contributed by atoms with Crippen LogP contribution in [0.25, 0.3) is 6.08 Å². The van der Waals surface area contributed by atoms with Crippen LogP contribution >= 0.6 is 15.9 Å². The lowest BCUT2D eigenvalue weighted by Crippen LogP contribution is -1.68. The van der Waals surface area contributed by atoms with E-state index in [-0.39, 0.29) is 6.61 Å². The molecular formula is C11H15BrO. The maximum atomic E-state index is 7.57. The molecule has 1 aromatic carbocycles. The van der Waals surface area contributed by atoms with Crippen molar-refractivity contribution in [2.45, 2.75) is 13.8 Å². The van der Waals surface area contributed by atoms with E-state index in [2.05, 4.69) is 34.1 Å². The molecule has 13 heavy (non-hydrogen) atoms. The molecule has 0 fully saturated rings. The second-order valence-electron chi connectivity index (χ2n) is 2.37. The Hall–Kier alpha value is -0.600. The third kappa shape index (κ3) is 6.55. The lowest BCUT2D eigenvalue weighted by molar-refractivity contribution is 0.318. The lowest BCUT2D eigenvalue weighted by atomic mass is 10.2. The van der Waals surface area contributed by atoms with Crippen LogP contribution in [0.4, 0.5) is 0 Å². The molecule has 0 unspecified atom stereocenters. The minimum absolute atomic E-state index is 0.250. The van der Waals surface area contributed by atoms with Crippen LogP contribution in [0.5, 0.6) is 0 Å². The molecule has 0 aliphatic heterocycles. The van der Waals surface area contributed by atoms with Gasteiger partial charge >= 0.3 is 0 Å². The van der Waals surface area contributed by atoms with Gasteiger partial charge in [0.15, 0.2) is 0 Å². The molecule has 0 amide bonds. The van der Waals surface area contributed by atoms with Crippen molar-refractivity contribution in [1.29, 1.82) is 0 Å². The number of hydrogen-bond donors (Lipinski definition) is 1. The van der Waals surface area contributed by atoms with Crippen LogP contribution in [0.15, 0.2) is 34.8 Å². The van der Waals surface area contributed by atoms with Gasteiger partial charge in [-0.15, -0.1) is 0 Å². The van der Waals surface area contributed by atoms with Crippen LogP contribution in [0.2, 0.25) is 0 Å². The minimum Gasteiger partial charge on any atom is -0.397 e. The van der Waals surface area contributed by atoms with Gasteiger partial charge in [0.2, 0.25) is 0 Å². The second kappa shape index (κ2) is 8.02. The van der Waals surface area contributed by atoms with Crippen molar-refractivity contribution in [2.24, 2.45) is 0 Å². The Bertz CT molecular complexity index is 239. The predicted molar refractivity (Wildman–Crippen MR) is 61.6 cm³/mol. The van der Waals surface area contributed by atoms with Gasteiger partial charge in [0.1, 0.15) is 0 Å². The fourth-order valence-corrected chi connectivity index (χ4v) is 1.03. The molecule has 0 bridgehead atoms. The van der Waals surface area contributed by atoms with Crippen molar-refractivity contribution >= 4 is 22.0 Å². The topological polar surface area (TPSA) is 20.2 Å². The van der Waals surface area contributed by atoms with Gasteiger partial charge in [0.25, 0.3) is 0 Å². The first-order chi connectivity index (χ1) is 6.24. The molecule has 0 spiro atoms. The first-order valence-corrected chi connectivity index (χ1v) is 5.03. The maximum Gasteiger partial charge on any atom is 0.0402 e. The molecular weight excluding hydrogens is 228 g/mol.